The summed E-state index contributed by atoms with van der Waals surface area (Å²) >= 11 is 1.15. The Labute approximate surface area is 170 Å². The number of carbonyl (C=O) groups is 1. The van der Waals surface area contributed by atoms with E-state index in [1.807, 2.05) is 42.2 Å². The quantitative estimate of drug-likeness (QED) is 0.749. The van der Waals surface area contributed by atoms with Crippen LogP contribution in [0.1, 0.15) is 18.9 Å². The first-order valence-corrected chi connectivity index (χ1v) is 11.6. The first kappa shape index (κ1) is 20.4. The second-order valence-corrected chi connectivity index (χ2v) is 8.86. The molecule has 0 aliphatic carbocycles. The first-order chi connectivity index (χ1) is 13.5. The van der Waals surface area contributed by atoms with E-state index in [1.165, 1.54) is 0 Å². The molecule has 8 heteroatoms. The third kappa shape index (κ3) is 4.94. The van der Waals surface area contributed by atoms with Crippen LogP contribution < -0.4 is 10.2 Å². The standard InChI is InChI=1S/C20H23N3O3S2/c1-2-14-23-17-10-6-7-11-18(17)28(25,26)22-20(23)27-15-19(24)21-13-12-16-8-4-3-5-9-16/h3-11H,2,12-15H2,1H3,(H,21,24). The molecule has 0 saturated carbocycles. The Morgan fingerprint density at radius 3 is 2.57 bits per heavy atom. The number of carbonyl (C=O) groups excluding carboxylic acids is 1. The highest BCUT2D eigenvalue weighted by molar-refractivity contribution is 8.15. The molecule has 0 fully saturated rings. The molecule has 1 aliphatic heterocycles. The van der Waals surface area contributed by atoms with Crippen molar-refractivity contribution in [3.05, 3.63) is 60.2 Å². The SMILES string of the molecule is CCCN1C(SCC(=O)NCCc2ccccc2)=NS(=O)(=O)c2ccccc21. The minimum Gasteiger partial charge on any atom is -0.355 e. The van der Waals surface area contributed by atoms with Crippen LogP contribution >= 0.6 is 11.8 Å². The van der Waals surface area contributed by atoms with Crippen LogP contribution in [-0.4, -0.2) is 38.3 Å². The maximum absolute atomic E-state index is 12.5. The van der Waals surface area contributed by atoms with E-state index >= 15 is 0 Å². The molecule has 0 aromatic heterocycles. The predicted molar refractivity (Wildman–Crippen MR) is 114 cm³/mol. The Balaban J connectivity index is 1.62. The molecule has 0 unspecified atom stereocenters. The highest BCUT2D eigenvalue weighted by atomic mass is 32.2. The molecule has 0 saturated heterocycles. The summed E-state index contributed by atoms with van der Waals surface area (Å²) in [6.07, 6.45) is 1.58. The molecule has 0 radical (unpaired) electrons. The normalized spacial score (nSPS) is 14.9. The molecular formula is C20H23N3O3S2. The Hall–Kier alpha value is -2.32. The van der Waals surface area contributed by atoms with Gasteiger partial charge in [0.2, 0.25) is 5.91 Å². The van der Waals surface area contributed by atoms with Gasteiger partial charge in [0, 0.05) is 13.1 Å². The summed E-state index contributed by atoms with van der Waals surface area (Å²) in [6.45, 7) is 3.19. The van der Waals surface area contributed by atoms with E-state index in [-0.39, 0.29) is 16.6 Å². The summed E-state index contributed by atoms with van der Waals surface area (Å²) in [5.41, 5.74) is 1.77. The monoisotopic (exact) mass is 417 g/mol. The van der Waals surface area contributed by atoms with E-state index in [2.05, 4.69) is 9.71 Å². The molecule has 1 aliphatic rings. The third-order valence-corrected chi connectivity index (χ3v) is 6.63. The highest BCUT2D eigenvalue weighted by Crippen LogP contribution is 2.34. The van der Waals surface area contributed by atoms with E-state index in [0.29, 0.717) is 23.9 Å². The van der Waals surface area contributed by atoms with Crippen molar-refractivity contribution >= 4 is 38.5 Å². The molecule has 1 N–H and O–H groups in total. The number of benzene rings is 2. The number of nitrogens with one attached hydrogen (secondary N) is 1. The van der Waals surface area contributed by atoms with Gasteiger partial charge in [-0.05, 0) is 30.5 Å². The molecule has 0 bridgehead atoms. The molecule has 2 aromatic carbocycles. The largest absolute Gasteiger partial charge is 0.355 e. The van der Waals surface area contributed by atoms with Crippen LogP contribution in [0.4, 0.5) is 5.69 Å². The smallest absolute Gasteiger partial charge is 0.286 e. The fraction of sp³-hybridized carbons (Fsp3) is 0.300. The van der Waals surface area contributed by atoms with E-state index < -0.39 is 10.0 Å². The first-order valence-electron chi connectivity index (χ1n) is 9.16. The number of fused-ring (bicyclic) bond motifs is 1. The Morgan fingerprint density at radius 2 is 1.82 bits per heavy atom. The summed E-state index contributed by atoms with van der Waals surface area (Å²) in [5, 5.41) is 3.22. The van der Waals surface area contributed by atoms with Gasteiger partial charge in [0.25, 0.3) is 10.0 Å². The maximum atomic E-state index is 12.5. The van der Waals surface area contributed by atoms with Crippen LogP contribution in [-0.2, 0) is 21.2 Å². The van der Waals surface area contributed by atoms with Gasteiger partial charge in [-0.1, -0.05) is 61.2 Å². The zero-order valence-electron chi connectivity index (χ0n) is 15.7. The number of nitrogens with zero attached hydrogens (tertiary/aromatic N) is 2. The molecule has 1 heterocycles. The Morgan fingerprint density at radius 1 is 1.11 bits per heavy atom. The van der Waals surface area contributed by atoms with Crippen LogP contribution in [0.15, 0.2) is 63.9 Å². The van der Waals surface area contributed by atoms with Gasteiger partial charge >= 0.3 is 0 Å². The van der Waals surface area contributed by atoms with Crippen LogP contribution in [0.5, 0.6) is 0 Å². The van der Waals surface area contributed by atoms with Gasteiger partial charge in [-0.15, -0.1) is 4.40 Å². The second-order valence-electron chi connectivity index (χ2n) is 6.34. The van der Waals surface area contributed by atoms with Crippen LogP contribution in [0.25, 0.3) is 0 Å². The van der Waals surface area contributed by atoms with E-state index in [1.54, 1.807) is 24.3 Å². The summed E-state index contributed by atoms with van der Waals surface area (Å²) in [7, 11) is -3.75. The van der Waals surface area contributed by atoms with Gasteiger partial charge in [-0.3, -0.25) is 4.79 Å². The zero-order valence-corrected chi connectivity index (χ0v) is 17.3. The average molecular weight is 418 g/mol. The van der Waals surface area contributed by atoms with Crippen LogP contribution in [0, 0.1) is 0 Å². The number of rotatable bonds is 7. The van der Waals surface area contributed by atoms with Gasteiger partial charge in [-0.2, -0.15) is 8.42 Å². The molecule has 148 valence electrons. The molecule has 0 spiro atoms. The van der Waals surface area contributed by atoms with E-state index in [9.17, 15) is 13.2 Å². The van der Waals surface area contributed by atoms with Crippen molar-refractivity contribution in [2.45, 2.75) is 24.7 Å². The molecule has 1 amide bonds. The van der Waals surface area contributed by atoms with E-state index in [0.717, 1.165) is 30.2 Å². The summed E-state index contributed by atoms with van der Waals surface area (Å²) in [5.74, 6) is -0.0257. The lowest BCUT2D eigenvalue weighted by molar-refractivity contribution is -0.118. The lowest BCUT2D eigenvalue weighted by Gasteiger charge is -2.29. The van der Waals surface area contributed by atoms with Gasteiger partial charge in [-0.25, -0.2) is 0 Å². The Kier molecular flexibility index (Phi) is 6.74. The van der Waals surface area contributed by atoms with Crippen molar-refractivity contribution in [3.63, 3.8) is 0 Å². The minimum atomic E-state index is -3.75. The van der Waals surface area contributed by atoms with Crippen molar-refractivity contribution in [1.29, 1.82) is 0 Å². The molecular weight excluding hydrogens is 394 g/mol. The maximum Gasteiger partial charge on any atom is 0.286 e. The van der Waals surface area contributed by atoms with Crippen molar-refractivity contribution in [2.24, 2.45) is 4.40 Å². The number of sulfonamides is 1. The summed E-state index contributed by atoms with van der Waals surface area (Å²) < 4.78 is 28.9. The topological polar surface area (TPSA) is 78.8 Å². The number of thioether (sulfide) groups is 1. The molecule has 0 atom stereocenters. The summed E-state index contributed by atoms with van der Waals surface area (Å²) in [6, 6.07) is 16.8. The Bertz CT molecular complexity index is 960. The van der Waals surface area contributed by atoms with Crippen LogP contribution in [0.3, 0.4) is 0 Å². The number of amides is 1. The number of amidine groups is 1. The van der Waals surface area contributed by atoms with Crippen LogP contribution in [0.2, 0.25) is 0 Å². The number of hydrogen-bond donors (Lipinski definition) is 1. The van der Waals surface area contributed by atoms with Crippen molar-refractivity contribution < 1.29 is 13.2 Å². The van der Waals surface area contributed by atoms with Crippen molar-refractivity contribution in [1.82, 2.24) is 5.32 Å². The fourth-order valence-electron chi connectivity index (χ4n) is 2.92. The summed E-state index contributed by atoms with van der Waals surface area (Å²) in [4.78, 5) is 14.3. The van der Waals surface area contributed by atoms with Crippen molar-refractivity contribution in [2.75, 3.05) is 23.7 Å². The minimum absolute atomic E-state index is 0.117. The third-order valence-electron chi connectivity index (χ3n) is 4.22. The predicted octanol–water partition coefficient (Wildman–Crippen LogP) is 3.05. The highest BCUT2D eigenvalue weighted by Gasteiger charge is 2.30. The molecule has 6 nitrogen and oxygen atoms in total. The zero-order chi connectivity index (χ0) is 20.0. The fourth-order valence-corrected chi connectivity index (χ4v) is 5.23. The van der Waals surface area contributed by atoms with Gasteiger partial charge in [0.05, 0.1) is 11.4 Å². The molecule has 3 rings (SSSR count). The lowest BCUT2D eigenvalue weighted by Crippen LogP contribution is -2.36. The number of anilines is 1. The van der Waals surface area contributed by atoms with Gasteiger partial charge < -0.3 is 10.2 Å². The van der Waals surface area contributed by atoms with E-state index in [4.69, 9.17) is 0 Å². The average Bonchev–Trinajstić information content (AvgIpc) is 2.70. The van der Waals surface area contributed by atoms with Gasteiger partial charge in [0.15, 0.2) is 5.17 Å². The molecule has 28 heavy (non-hydrogen) atoms. The van der Waals surface area contributed by atoms with Crippen molar-refractivity contribution in [3.8, 4) is 0 Å². The van der Waals surface area contributed by atoms with Gasteiger partial charge in [0.1, 0.15) is 4.90 Å². The number of para-hydroxylation sites is 1. The molecule has 2 aromatic rings. The second kappa shape index (κ2) is 9.25. The lowest BCUT2D eigenvalue weighted by atomic mass is 10.1. The number of hydrogen-bond acceptors (Lipinski definition) is 5.